The summed E-state index contributed by atoms with van der Waals surface area (Å²) in [4.78, 5) is 37.0. The van der Waals surface area contributed by atoms with Crippen molar-refractivity contribution < 1.29 is 33.7 Å². The van der Waals surface area contributed by atoms with Crippen LogP contribution in [-0.2, 0) is 28.6 Å². The maximum absolute atomic E-state index is 12.8. The number of unbranched alkanes of at least 4 members (excludes halogenated alkanes) is 25. The van der Waals surface area contributed by atoms with Crippen LogP contribution in [0.4, 0.5) is 0 Å². The zero-order valence-corrected chi connectivity index (χ0v) is 33.5. The zero-order chi connectivity index (χ0) is 37.5. The summed E-state index contributed by atoms with van der Waals surface area (Å²) in [7, 11) is 1.52. The number of amides is 1. The Hall–Kier alpha value is -1.93. The number of esters is 2. The third-order valence-corrected chi connectivity index (χ3v) is 9.58. The van der Waals surface area contributed by atoms with Gasteiger partial charge in [0.15, 0.2) is 0 Å². The van der Waals surface area contributed by atoms with Crippen molar-refractivity contribution in [2.45, 2.75) is 219 Å². The summed E-state index contributed by atoms with van der Waals surface area (Å²) in [5.41, 5.74) is 0. The third-order valence-electron chi connectivity index (χ3n) is 9.58. The molecule has 0 radical (unpaired) electrons. The molecule has 0 aromatic rings. The third kappa shape index (κ3) is 36.2. The molecule has 300 valence electrons. The summed E-state index contributed by atoms with van der Waals surface area (Å²) in [5, 5.41) is 13.8. The summed E-state index contributed by atoms with van der Waals surface area (Å²) >= 11 is 0. The van der Waals surface area contributed by atoms with Crippen LogP contribution in [0.1, 0.15) is 206 Å². The van der Waals surface area contributed by atoms with Crippen LogP contribution in [0.3, 0.4) is 0 Å². The number of carbonyl (C=O) groups excluding carboxylic acids is 3. The molecule has 0 unspecified atom stereocenters. The van der Waals surface area contributed by atoms with Gasteiger partial charge >= 0.3 is 11.9 Å². The van der Waals surface area contributed by atoms with Crippen molar-refractivity contribution in [3.8, 4) is 0 Å². The van der Waals surface area contributed by atoms with E-state index in [-0.39, 0.29) is 32.0 Å². The first-order valence-corrected chi connectivity index (χ1v) is 21.4. The number of carbonyl (C=O) groups is 3. The molecular formula is C43H81NO7. The van der Waals surface area contributed by atoms with Crippen LogP contribution in [0.25, 0.3) is 0 Å². The SMILES string of the molecule is CCCCCCCCCCCCC/C=C/[C@@H](O)[C@H](COC(=O)CCC(=O)OCCOC)NC(=O)CCCCCCCCCCCCCCCCC. The smallest absolute Gasteiger partial charge is 0.306 e. The van der Waals surface area contributed by atoms with Gasteiger partial charge in [0.2, 0.25) is 5.91 Å². The molecule has 0 aromatic heterocycles. The molecule has 2 N–H and O–H groups in total. The van der Waals surface area contributed by atoms with Crippen LogP contribution in [0, 0.1) is 0 Å². The van der Waals surface area contributed by atoms with Gasteiger partial charge < -0.3 is 24.6 Å². The summed E-state index contributed by atoms with van der Waals surface area (Å²) in [6.45, 7) is 4.78. The van der Waals surface area contributed by atoms with Crippen LogP contribution in [0.15, 0.2) is 12.2 Å². The van der Waals surface area contributed by atoms with Crippen LogP contribution in [-0.4, -0.2) is 62.0 Å². The molecule has 8 heteroatoms. The zero-order valence-electron chi connectivity index (χ0n) is 33.5. The van der Waals surface area contributed by atoms with E-state index in [0.29, 0.717) is 13.0 Å². The fraction of sp³-hybridized carbons (Fsp3) is 0.884. The van der Waals surface area contributed by atoms with Crippen molar-refractivity contribution in [2.24, 2.45) is 0 Å². The summed E-state index contributed by atoms with van der Waals surface area (Å²) in [6.07, 6.45) is 36.9. The molecular weight excluding hydrogens is 642 g/mol. The number of methoxy groups -OCH3 is 1. The summed E-state index contributed by atoms with van der Waals surface area (Å²) < 4.78 is 15.2. The van der Waals surface area contributed by atoms with E-state index in [9.17, 15) is 19.5 Å². The monoisotopic (exact) mass is 724 g/mol. The Morgan fingerprint density at radius 2 is 0.961 bits per heavy atom. The van der Waals surface area contributed by atoms with Gasteiger partial charge in [0.05, 0.1) is 31.6 Å². The van der Waals surface area contributed by atoms with E-state index < -0.39 is 24.1 Å². The van der Waals surface area contributed by atoms with Gasteiger partial charge in [-0.3, -0.25) is 14.4 Å². The lowest BCUT2D eigenvalue weighted by molar-refractivity contribution is -0.151. The maximum atomic E-state index is 12.8. The molecule has 0 aliphatic carbocycles. The second-order valence-electron chi connectivity index (χ2n) is 14.5. The molecule has 0 spiro atoms. The van der Waals surface area contributed by atoms with Gasteiger partial charge in [-0.1, -0.05) is 180 Å². The maximum Gasteiger partial charge on any atom is 0.306 e. The van der Waals surface area contributed by atoms with E-state index in [1.807, 2.05) is 6.08 Å². The molecule has 0 heterocycles. The number of rotatable bonds is 39. The predicted octanol–water partition coefficient (Wildman–Crippen LogP) is 10.9. The first-order chi connectivity index (χ1) is 24.9. The van der Waals surface area contributed by atoms with Crippen LogP contribution < -0.4 is 5.32 Å². The van der Waals surface area contributed by atoms with Crippen LogP contribution in [0.2, 0.25) is 0 Å². The highest BCUT2D eigenvalue weighted by Gasteiger charge is 2.21. The molecule has 0 aromatic carbocycles. The molecule has 0 aliphatic rings. The molecule has 51 heavy (non-hydrogen) atoms. The Morgan fingerprint density at radius 3 is 1.41 bits per heavy atom. The van der Waals surface area contributed by atoms with Gasteiger partial charge in [0.1, 0.15) is 13.2 Å². The molecule has 8 nitrogen and oxygen atoms in total. The van der Waals surface area contributed by atoms with Gasteiger partial charge in [0.25, 0.3) is 0 Å². The summed E-state index contributed by atoms with van der Waals surface area (Å²) in [6, 6.07) is -0.750. The van der Waals surface area contributed by atoms with Crippen molar-refractivity contribution in [2.75, 3.05) is 26.9 Å². The fourth-order valence-electron chi connectivity index (χ4n) is 6.23. The molecule has 0 aliphatic heterocycles. The number of hydrogen-bond acceptors (Lipinski definition) is 7. The highest BCUT2D eigenvalue weighted by molar-refractivity contribution is 5.78. The Labute approximate surface area is 314 Å². The molecule has 0 fully saturated rings. The summed E-state index contributed by atoms with van der Waals surface area (Å²) in [5.74, 6) is -1.22. The lowest BCUT2D eigenvalue weighted by atomic mass is 10.0. The van der Waals surface area contributed by atoms with Crippen molar-refractivity contribution in [3.63, 3.8) is 0 Å². The lowest BCUT2D eigenvalue weighted by Crippen LogP contribution is -2.46. The van der Waals surface area contributed by atoms with Gasteiger partial charge in [-0.25, -0.2) is 0 Å². The minimum Gasteiger partial charge on any atom is -0.463 e. The quantitative estimate of drug-likeness (QED) is 0.0369. The highest BCUT2D eigenvalue weighted by atomic mass is 16.6. The number of aliphatic hydroxyl groups excluding tert-OH is 1. The normalized spacial score (nSPS) is 12.6. The van der Waals surface area contributed by atoms with E-state index >= 15 is 0 Å². The van der Waals surface area contributed by atoms with E-state index in [0.717, 1.165) is 32.1 Å². The Morgan fingerprint density at radius 1 is 0.549 bits per heavy atom. The average molecular weight is 724 g/mol. The van der Waals surface area contributed by atoms with Crippen molar-refractivity contribution >= 4 is 17.8 Å². The van der Waals surface area contributed by atoms with Gasteiger partial charge in [0, 0.05) is 13.5 Å². The molecule has 0 saturated heterocycles. The molecule has 0 saturated carbocycles. The van der Waals surface area contributed by atoms with Crippen molar-refractivity contribution in [3.05, 3.63) is 12.2 Å². The lowest BCUT2D eigenvalue weighted by Gasteiger charge is -2.22. The van der Waals surface area contributed by atoms with E-state index in [1.165, 1.54) is 148 Å². The minimum absolute atomic E-state index is 0.0970. The fourth-order valence-corrected chi connectivity index (χ4v) is 6.23. The molecule has 0 rings (SSSR count). The van der Waals surface area contributed by atoms with Crippen LogP contribution in [0.5, 0.6) is 0 Å². The average Bonchev–Trinajstić information content (AvgIpc) is 3.12. The Bertz CT molecular complexity index is 818. The van der Waals surface area contributed by atoms with Crippen LogP contribution >= 0.6 is 0 Å². The highest BCUT2D eigenvalue weighted by Crippen LogP contribution is 2.15. The molecule has 1 amide bonds. The standard InChI is InChI=1S/C43H81NO7/c1-4-6-8-10-12-14-16-18-19-21-23-25-27-29-31-33-41(46)44-39(38-51-43(48)35-34-42(47)50-37-36-49-3)40(45)32-30-28-26-24-22-20-17-15-13-11-9-7-5-2/h30,32,39-40,45H,4-29,31,33-38H2,1-3H3,(H,44,46)/b32-30+/t39-,40+/m0/s1. The molecule has 0 bridgehead atoms. The first-order valence-electron chi connectivity index (χ1n) is 21.4. The van der Waals surface area contributed by atoms with Gasteiger partial charge in [-0.15, -0.1) is 0 Å². The number of aliphatic hydroxyl groups is 1. The minimum atomic E-state index is -0.977. The van der Waals surface area contributed by atoms with E-state index in [4.69, 9.17) is 14.2 Å². The number of allylic oxidation sites excluding steroid dienone is 1. The molecule has 2 atom stereocenters. The largest absolute Gasteiger partial charge is 0.463 e. The van der Waals surface area contributed by atoms with Crippen molar-refractivity contribution in [1.29, 1.82) is 0 Å². The first kappa shape index (κ1) is 49.1. The Balaban J connectivity index is 4.40. The second kappa shape index (κ2) is 39.3. The van der Waals surface area contributed by atoms with Gasteiger partial charge in [-0.05, 0) is 19.3 Å². The topological polar surface area (TPSA) is 111 Å². The number of nitrogens with one attached hydrogen (secondary N) is 1. The van der Waals surface area contributed by atoms with Crippen molar-refractivity contribution in [1.82, 2.24) is 5.32 Å². The number of hydrogen-bond donors (Lipinski definition) is 2. The number of ether oxygens (including phenoxy) is 3. The van der Waals surface area contributed by atoms with E-state index in [1.54, 1.807) is 6.08 Å². The van der Waals surface area contributed by atoms with Gasteiger partial charge in [-0.2, -0.15) is 0 Å². The second-order valence-corrected chi connectivity index (χ2v) is 14.5. The predicted molar refractivity (Wildman–Crippen MR) is 211 cm³/mol. The van der Waals surface area contributed by atoms with E-state index in [2.05, 4.69) is 19.2 Å². The Kier molecular flexibility index (Phi) is 37.8.